The number of nitrogens with zero attached hydrogens (tertiary/aromatic N) is 1. The van der Waals surface area contributed by atoms with Gasteiger partial charge in [-0.05, 0) is 18.9 Å². The van der Waals surface area contributed by atoms with Crippen LogP contribution in [0.1, 0.15) is 30.1 Å². The standard InChI is InChI=1S/C13H18ClN3O2/c1-2-4-15-12-6-10(11(14)7-16-12)13(18)17-9-3-5-19-8-9/h6-7,9H,2-5,8H2,1H3,(H,15,16)(H,17,18). The van der Waals surface area contributed by atoms with Gasteiger partial charge in [-0.1, -0.05) is 18.5 Å². The molecule has 1 saturated heterocycles. The van der Waals surface area contributed by atoms with Crippen molar-refractivity contribution in [3.8, 4) is 0 Å². The van der Waals surface area contributed by atoms with Crippen molar-refractivity contribution in [2.45, 2.75) is 25.8 Å². The lowest BCUT2D eigenvalue weighted by molar-refractivity contribution is 0.0930. The average Bonchev–Trinajstić information content (AvgIpc) is 2.90. The summed E-state index contributed by atoms with van der Waals surface area (Å²) in [6, 6.07) is 1.76. The minimum absolute atomic E-state index is 0.0729. The van der Waals surface area contributed by atoms with E-state index in [1.54, 1.807) is 6.07 Å². The van der Waals surface area contributed by atoms with Crippen LogP contribution in [-0.2, 0) is 4.74 Å². The van der Waals surface area contributed by atoms with Crippen molar-refractivity contribution in [3.05, 3.63) is 22.8 Å². The maximum atomic E-state index is 12.1. The summed E-state index contributed by atoms with van der Waals surface area (Å²) in [4.78, 5) is 16.3. The van der Waals surface area contributed by atoms with E-state index in [4.69, 9.17) is 16.3 Å². The first-order chi connectivity index (χ1) is 9.20. The molecule has 0 saturated carbocycles. The number of rotatable bonds is 5. The predicted octanol–water partition coefficient (Wildman–Crippen LogP) is 2.08. The zero-order valence-electron chi connectivity index (χ0n) is 10.9. The summed E-state index contributed by atoms with van der Waals surface area (Å²) < 4.78 is 5.23. The van der Waals surface area contributed by atoms with Crippen molar-refractivity contribution in [1.29, 1.82) is 0 Å². The van der Waals surface area contributed by atoms with E-state index in [-0.39, 0.29) is 11.9 Å². The van der Waals surface area contributed by atoms with Crippen molar-refractivity contribution < 1.29 is 9.53 Å². The number of carbonyl (C=O) groups excluding carboxylic acids is 1. The predicted molar refractivity (Wildman–Crippen MR) is 74.7 cm³/mol. The van der Waals surface area contributed by atoms with Crippen LogP contribution in [0.4, 0.5) is 5.82 Å². The third-order valence-corrected chi connectivity index (χ3v) is 3.22. The Labute approximate surface area is 117 Å². The smallest absolute Gasteiger partial charge is 0.253 e. The Hall–Kier alpha value is -1.33. The molecule has 1 amide bonds. The molecule has 1 aliphatic heterocycles. The fourth-order valence-corrected chi connectivity index (χ4v) is 2.06. The summed E-state index contributed by atoms with van der Waals surface area (Å²) in [6.07, 6.45) is 3.33. The van der Waals surface area contributed by atoms with E-state index in [1.165, 1.54) is 6.20 Å². The topological polar surface area (TPSA) is 63.2 Å². The van der Waals surface area contributed by atoms with E-state index in [0.717, 1.165) is 19.4 Å². The number of amides is 1. The Morgan fingerprint density at radius 3 is 3.16 bits per heavy atom. The van der Waals surface area contributed by atoms with Crippen LogP contribution < -0.4 is 10.6 Å². The molecule has 19 heavy (non-hydrogen) atoms. The quantitative estimate of drug-likeness (QED) is 0.868. The van der Waals surface area contributed by atoms with Crippen molar-refractivity contribution in [2.24, 2.45) is 0 Å². The highest BCUT2D eigenvalue weighted by Crippen LogP contribution is 2.18. The van der Waals surface area contributed by atoms with Gasteiger partial charge in [0.15, 0.2) is 0 Å². The van der Waals surface area contributed by atoms with Gasteiger partial charge in [-0.2, -0.15) is 0 Å². The SMILES string of the molecule is CCCNc1cc(C(=O)NC2CCOC2)c(Cl)cn1. The lowest BCUT2D eigenvalue weighted by Gasteiger charge is -2.12. The minimum atomic E-state index is -0.178. The number of nitrogens with one attached hydrogen (secondary N) is 2. The molecule has 1 atom stereocenters. The summed E-state index contributed by atoms with van der Waals surface area (Å²) >= 11 is 6.03. The molecule has 104 valence electrons. The van der Waals surface area contributed by atoms with E-state index in [9.17, 15) is 4.79 Å². The third-order valence-electron chi connectivity index (χ3n) is 2.92. The molecule has 6 heteroatoms. The molecule has 1 fully saturated rings. The molecule has 1 aliphatic rings. The first-order valence-electron chi connectivity index (χ1n) is 6.48. The van der Waals surface area contributed by atoms with Gasteiger partial charge >= 0.3 is 0 Å². The van der Waals surface area contributed by atoms with Crippen LogP contribution in [0.3, 0.4) is 0 Å². The molecule has 2 N–H and O–H groups in total. The molecule has 0 spiro atoms. The zero-order valence-corrected chi connectivity index (χ0v) is 11.7. The van der Waals surface area contributed by atoms with Crippen LogP contribution in [0.15, 0.2) is 12.3 Å². The Morgan fingerprint density at radius 2 is 2.47 bits per heavy atom. The van der Waals surface area contributed by atoms with Gasteiger partial charge in [0.05, 0.1) is 23.2 Å². The van der Waals surface area contributed by atoms with Gasteiger partial charge in [-0.25, -0.2) is 4.98 Å². The second-order valence-corrected chi connectivity index (χ2v) is 4.92. The van der Waals surface area contributed by atoms with Crippen LogP contribution in [0.2, 0.25) is 5.02 Å². The fourth-order valence-electron chi connectivity index (χ4n) is 1.87. The molecule has 1 aromatic heterocycles. The summed E-state index contributed by atoms with van der Waals surface area (Å²) in [5, 5.41) is 6.41. The molecule has 2 rings (SSSR count). The zero-order chi connectivity index (χ0) is 13.7. The normalized spacial score (nSPS) is 18.3. The van der Waals surface area contributed by atoms with Crippen LogP contribution >= 0.6 is 11.6 Å². The molecule has 0 radical (unpaired) electrons. The molecule has 0 aliphatic carbocycles. The van der Waals surface area contributed by atoms with Gasteiger partial charge in [0, 0.05) is 19.3 Å². The van der Waals surface area contributed by atoms with Crippen molar-refractivity contribution in [3.63, 3.8) is 0 Å². The minimum Gasteiger partial charge on any atom is -0.379 e. The van der Waals surface area contributed by atoms with Crippen LogP contribution in [0, 0.1) is 0 Å². The lowest BCUT2D eigenvalue weighted by Crippen LogP contribution is -2.35. The van der Waals surface area contributed by atoms with Crippen LogP contribution in [0.25, 0.3) is 0 Å². The number of hydrogen-bond donors (Lipinski definition) is 2. The monoisotopic (exact) mass is 283 g/mol. The Kier molecular flexibility index (Phi) is 4.99. The number of hydrogen-bond acceptors (Lipinski definition) is 4. The highest BCUT2D eigenvalue weighted by atomic mass is 35.5. The summed E-state index contributed by atoms with van der Waals surface area (Å²) in [5.41, 5.74) is 0.446. The number of anilines is 1. The van der Waals surface area contributed by atoms with Gasteiger partial charge in [-0.15, -0.1) is 0 Å². The van der Waals surface area contributed by atoms with Gasteiger partial charge in [0.2, 0.25) is 0 Å². The largest absolute Gasteiger partial charge is 0.379 e. The molecule has 5 nitrogen and oxygen atoms in total. The number of carbonyl (C=O) groups is 1. The Morgan fingerprint density at radius 1 is 1.63 bits per heavy atom. The maximum absolute atomic E-state index is 12.1. The molecule has 1 aromatic rings. The van der Waals surface area contributed by atoms with E-state index in [1.807, 2.05) is 0 Å². The lowest BCUT2D eigenvalue weighted by atomic mass is 10.2. The number of ether oxygens (including phenoxy) is 1. The second kappa shape index (κ2) is 6.73. The molecule has 1 unspecified atom stereocenters. The highest BCUT2D eigenvalue weighted by molar-refractivity contribution is 6.33. The van der Waals surface area contributed by atoms with Crippen molar-refractivity contribution >= 4 is 23.3 Å². The van der Waals surface area contributed by atoms with E-state index < -0.39 is 0 Å². The molecular weight excluding hydrogens is 266 g/mol. The third kappa shape index (κ3) is 3.81. The van der Waals surface area contributed by atoms with Gasteiger partial charge in [-0.3, -0.25) is 4.79 Å². The molecule has 2 heterocycles. The first-order valence-corrected chi connectivity index (χ1v) is 6.86. The Balaban J connectivity index is 2.06. The van der Waals surface area contributed by atoms with Crippen molar-refractivity contribution in [2.75, 3.05) is 25.1 Å². The van der Waals surface area contributed by atoms with Gasteiger partial charge in [0.1, 0.15) is 5.82 Å². The van der Waals surface area contributed by atoms with Gasteiger partial charge < -0.3 is 15.4 Å². The van der Waals surface area contributed by atoms with E-state index in [2.05, 4.69) is 22.5 Å². The van der Waals surface area contributed by atoms with Crippen LogP contribution in [0.5, 0.6) is 0 Å². The summed E-state index contributed by atoms with van der Waals surface area (Å²) in [5.74, 6) is 0.488. The summed E-state index contributed by atoms with van der Waals surface area (Å²) in [7, 11) is 0. The Bertz CT molecular complexity index is 448. The van der Waals surface area contributed by atoms with Gasteiger partial charge in [0.25, 0.3) is 5.91 Å². The van der Waals surface area contributed by atoms with Crippen LogP contribution in [-0.4, -0.2) is 36.7 Å². The maximum Gasteiger partial charge on any atom is 0.253 e. The summed E-state index contributed by atoms with van der Waals surface area (Å²) in [6.45, 7) is 4.14. The number of pyridine rings is 1. The van der Waals surface area contributed by atoms with E-state index in [0.29, 0.717) is 29.6 Å². The average molecular weight is 284 g/mol. The first kappa shape index (κ1) is 14.1. The number of halogens is 1. The highest BCUT2D eigenvalue weighted by Gasteiger charge is 2.20. The second-order valence-electron chi connectivity index (χ2n) is 4.51. The molecule has 0 aromatic carbocycles. The molecular formula is C13H18ClN3O2. The fraction of sp³-hybridized carbons (Fsp3) is 0.538. The molecule has 0 bridgehead atoms. The van der Waals surface area contributed by atoms with E-state index >= 15 is 0 Å². The number of aromatic nitrogens is 1. The van der Waals surface area contributed by atoms with Crippen molar-refractivity contribution in [1.82, 2.24) is 10.3 Å².